The zero-order valence-corrected chi connectivity index (χ0v) is 19.5. The molecule has 1 aromatic heterocycles. The van der Waals surface area contributed by atoms with Gasteiger partial charge in [0.2, 0.25) is 5.43 Å². The van der Waals surface area contributed by atoms with Gasteiger partial charge in [-0.15, -0.1) is 0 Å². The number of nitrogens with zero attached hydrogens (tertiary/aromatic N) is 3. The Hall–Kier alpha value is -2.24. The van der Waals surface area contributed by atoms with Gasteiger partial charge in [-0.25, -0.2) is 9.47 Å². The van der Waals surface area contributed by atoms with Crippen molar-refractivity contribution in [3.8, 4) is 5.75 Å². The van der Waals surface area contributed by atoms with Gasteiger partial charge in [-0.1, -0.05) is 13.3 Å². The summed E-state index contributed by atoms with van der Waals surface area (Å²) in [4.78, 5) is 39.0. The average Bonchev–Trinajstić information content (AvgIpc) is 2.62. The molecular formula is C19H25BrF3N3O5. The van der Waals surface area contributed by atoms with Crippen LogP contribution in [0.15, 0.2) is 15.5 Å². The highest BCUT2D eigenvalue weighted by atomic mass is 79.9. The summed E-state index contributed by atoms with van der Waals surface area (Å²) < 4.78 is 52.1. The Morgan fingerprint density at radius 2 is 1.87 bits per heavy atom. The molecule has 1 atom stereocenters. The van der Waals surface area contributed by atoms with Gasteiger partial charge in [0.15, 0.2) is 11.4 Å². The SMILES string of the molecule is CCCCOc1c2n(cc(Br)c1=O)N(C(=O)OC(C)(C)C)CN([C@H](C)C(F)(F)F)C2=O. The summed E-state index contributed by atoms with van der Waals surface area (Å²) in [6, 6.07) is -2.22. The first-order chi connectivity index (χ1) is 14.2. The van der Waals surface area contributed by atoms with Crippen LogP contribution in [0.25, 0.3) is 0 Å². The number of fused-ring (bicyclic) bond motifs is 1. The van der Waals surface area contributed by atoms with Crippen molar-refractivity contribution < 1.29 is 32.2 Å². The maximum atomic E-state index is 13.4. The van der Waals surface area contributed by atoms with Crippen LogP contribution in [0, 0.1) is 0 Å². The van der Waals surface area contributed by atoms with E-state index in [0.717, 1.165) is 29.2 Å². The van der Waals surface area contributed by atoms with E-state index in [9.17, 15) is 27.6 Å². The molecule has 0 fully saturated rings. The van der Waals surface area contributed by atoms with Crippen molar-refractivity contribution in [1.29, 1.82) is 0 Å². The third kappa shape index (κ3) is 5.52. The molecule has 0 aliphatic carbocycles. The number of carbonyl (C=O) groups is 2. The van der Waals surface area contributed by atoms with Gasteiger partial charge in [-0.05, 0) is 50.0 Å². The molecule has 2 heterocycles. The van der Waals surface area contributed by atoms with Crippen molar-refractivity contribution in [2.24, 2.45) is 0 Å². The zero-order chi connectivity index (χ0) is 23.7. The van der Waals surface area contributed by atoms with Gasteiger partial charge in [0.05, 0.1) is 11.1 Å². The van der Waals surface area contributed by atoms with Crippen LogP contribution in [0.5, 0.6) is 5.75 Å². The maximum absolute atomic E-state index is 13.4. The van der Waals surface area contributed by atoms with E-state index in [-0.39, 0.29) is 11.1 Å². The molecule has 8 nitrogen and oxygen atoms in total. The summed E-state index contributed by atoms with van der Waals surface area (Å²) in [5.74, 6) is -1.51. The van der Waals surface area contributed by atoms with E-state index in [0.29, 0.717) is 11.3 Å². The lowest BCUT2D eigenvalue weighted by Crippen LogP contribution is -2.61. The minimum Gasteiger partial charge on any atom is -0.487 e. The Bertz CT molecular complexity index is 911. The molecule has 1 aliphatic heterocycles. The molecule has 0 bridgehead atoms. The molecule has 0 unspecified atom stereocenters. The summed E-state index contributed by atoms with van der Waals surface area (Å²) in [7, 11) is 0. The molecule has 2 amide bonds. The molecular weight excluding hydrogens is 487 g/mol. The number of hydrogen-bond donors (Lipinski definition) is 0. The lowest BCUT2D eigenvalue weighted by atomic mass is 10.2. The maximum Gasteiger partial charge on any atom is 0.431 e. The minimum absolute atomic E-state index is 0.0265. The van der Waals surface area contributed by atoms with Crippen molar-refractivity contribution >= 4 is 27.9 Å². The zero-order valence-electron chi connectivity index (χ0n) is 17.9. The van der Waals surface area contributed by atoms with Crippen LogP contribution in [0.3, 0.4) is 0 Å². The van der Waals surface area contributed by atoms with E-state index in [1.165, 1.54) is 0 Å². The second-order valence-electron chi connectivity index (χ2n) is 8.04. The van der Waals surface area contributed by atoms with E-state index < -0.39 is 53.4 Å². The Labute approximate surface area is 186 Å². The third-order valence-corrected chi connectivity index (χ3v) is 4.97. The Morgan fingerprint density at radius 3 is 2.39 bits per heavy atom. The van der Waals surface area contributed by atoms with Crippen molar-refractivity contribution in [1.82, 2.24) is 9.58 Å². The van der Waals surface area contributed by atoms with E-state index in [4.69, 9.17) is 9.47 Å². The van der Waals surface area contributed by atoms with Crippen LogP contribution in [-0.4, -0.2) is 52.7 Å². The van der Waals surface area contributed by atoms with Gasteiger partial charge in [0.1, 0.15) is 18.3 Å². The Morgan fingerprint density at radius 1 is 1.26 bits per heavy atom. The van der Waals surface area contributed by atoms with E-state index in [1.807, 2.05) is 6.92 Å². The van der Waals surface area contributed by atoms with Crippen LogP contribution in [-0.2, 0) is 4.74 Å². The fourth-order valence-corrected chi connectivity index (χ4v) is 3.11. The molecule has 1 aromatic rings. The second-order valence-corrected chi connectivity index (χ2v) is 8.90. The minimum atomic E-state index is -4.75. The van der Waals surface area contributed by atoms with Crippen LogP contribution in [0.4, 0.5) is 18.0 Å². The normalized spacial score (nSPS) is 15.6. The van der Waals surface area contributed by atoms with Gasteiger partial charge >= 0.3 is 12.3 Å². The standard InChI is InChI=1S/C19H25BrF3N3O5/c1-6-7-8-30-15-13-16(28)24(11(2)19(21,22)23)10-26(17(29)31-18(3,4)5)25(13)9-12(20)14(15)27/h9,11H,6-8,10H2,1-5H3/t11-/m1/s1. The van der Waals surface area contributed by atoms with Crippen molar-refractivity contribution in [3.63, 3.8) is 0 Å². The highest BCUT2D eigenvalue weighted by molar-refractivity contribution is 9.10. The van der Waals surface area contributed by atoms with Gasteiger partial charge in [0, 0.05) is 6.20 Å². The molecule has 2 rings (SSSR count). The third-order valence-electron chi connectivity index (χ3n) is 4.40. The number of amides is 2. The summed E-state index contributed by atoms with van der Waals surface area (Å²) in [5.41, 5.74) is -2.13. The Kier molecular flexibility index (Phi) is 7.34. The highest BCUT2D eigenvalue weighted by Crippen LogP contribution is 2.31. The molecule has 0 radical (unpaired) electrons. The quantitative estimate of drug-likeness (QED) is 0.557. The average molecular weight is 512 g/mol. The number of unbranched alkanes of at least 4 members (excludes halogenated alkanes) is 1. The number of halogens is 4. The first kappa shape index (κ1) is 25.0. The first-order valence-electron chi connectivity index (χ1n) is 9.65. The fraction of sp³-hybridized carbons (Fsp3) is 0.632. The number of rotatable bonds is 5. The number of hydrogen-bond acceptors (Lipinski definition) is 5. The van der Waals surface area contributed by atoms with Gasteiger partial charge in [-0.2, -0.15) is 18.2 Å². The molecule has 174 valence electrons. The highest BCUT2D eigenvalue weighted by Gasteiger charge is 2.47. The van der Waals surface area contributed by atoms with Crippen molar-refractivity contribution in [2.75, 3.05) is 18.3 Å². The lowest BCUT2D eigenvalue weighted by Gasteiger charge is -2.41. The predicted octanol–water partition coefficient (Wildman–Crippen LogP) is 4.03. The predicted molar refractivity (Wildman–Crippen MR) is 110 cm³/mol. The molecule has 0 saturated heterocycles. The summed E-state index contributed by atoms with van der Waals surface area (Å²) in [6.07, 6.45) is -3.32. The topological polar surface area (TPSA) is 81.1 Å². The van der Waals surface area contributed by atoms with Gasteiger partial charge < -0.3 is 14.4 Å². The largest absolute Gasteiger partial charge is 0.487 e. The summed E-state index contributed by atoms with van der Waals surface area (Å²) in [6.45, 7) is 6.81. The number of ether oxygens (including phenoxy) is 2. The fourth-order valence-electron chi connectivity index (χ4n) is 2.74. The molecule has 0 aromatic carbocycles. The van der Waals surface area contributed by atoms with Crippen LogP contribution >= 0.6 is 15.9 Å². The van der Waals surface area contributed by atoms with E-state index in [1.54, 1.807) is 20.8 Å². The van der Waals surface area contributed by atoms with Crippen LogP contribution in [0.1, 0.15) is 57.9 Å². The number of aromatic nitrogens is 1. The number of alkyl halides is 3. The Balaban J connectivity index is 2.68. The number of carbonyl (C=O) groups excluding carboxylic acids is 2. The van der Waals surface area contributed by atoms with Crippen LogP contribution in [0.2, 0.25) is 0 Å². The van der Waals surface area contributed by atoms with Gasteiger partial charge in [0.25, 0.3) is 5.91 Å². The molecule has 31 heavy (non-hydrogen) atoms. The number of pyridine rings is 1. The van der Waals surface area contributed by atoms with E-state index in [2.05, 4.69) is 15.9 Å². The van der Waals surface area contributed by atoms with Crippen LogP contribution < -0.4 is 15.2 Å². The van der Waals surface area contributed by atoms with E-state index >= 15 is 0 Å². The summed E-state index contributed by atoms with van der Waals surface area (Å²) in [5, 5.41) is 0.821. The first-order valence-corrected chi connectivity index (χ1v) is 10.4. The molecule has 12 heteroatoms. The summed E-state index contributed by atoms with van der Waals surface area (Å²) >= 11 is 3.07. The monoisotopic (exact) mass is 511 g/mol. The second kappa shape index (κ2) is 9.09. The molecule has 0 saturated carbocycles. The van der Waals surface area contributed by atoms with Crippen molar-refractivity contribution in [3.05, 3.63) is 26.6 Å². The molecule has 1 aliphatic rings. The lowest BCUT2D eigenvalue weighted by molar-refractivity contribution is -0.173. The molecule has 0 spiro atoms. The smallest absolute Gasteiger partial charge is 0.431 e. The molecule has 0 N–H and O–H groups in total. The van der Waals surface area contributed by atoms with Crippen molar-refractivity contribution in [2.45, 2.75) is 65.3 Å². The van der Waals surface area contributed by atoms with Gasteiger partial charge in [-0.3, -0.25) is 9.59 Å².